The number of halogens is 6. The number of urea groups is 1. The number of nitrogens with zero attached hydrogens (tertiary/aromatic N) is 6. The lowest BCUT2D eigenvalue weighted by Gasteiger charge is -2.33. The smallest absolute Gasteiger partial charge is 0.414 e. The van der Waals surface area contributed by atoms with Crippen molar-refractivity contribution in [3.63, 3.8) is 0 Å². The molecule has 0 aliphatic carbocycles. The summed E-state index contributed by atoms with van der Waals surface area (Å²) in [5, 5.41) is 5.89. The van der Waals surface area contributed by atoms with E-state index in [0.717, 1.165) is 12.3 Å². The molecule has 16 heteroatoms. The molecule has 10 nitrogen and oxygen atoms in total. The highest BCUT2D eigenvalue weighted by atomic mass is 19.4. The zero-order chi connectivity index (χ0) is 28.0. The van der Waals surface area contributed by atoms with Gasteiger partial charge in [-0.25, -0.2) is 28.1 Å². The Balaban J connectivity index is 2.07. The number of alkyl halides is 6. The van der Waals surface area contributed by atoms with E-state index in [1.807, 2.05) is 5.32 Å². The number of amides is 2. The van der Waals surface area contributed by atoms with Crippen LogP contribution in [0.2, 0.25) is 0 Å². The fraction of sp³-hybridized carbons (Fsp3) is 0.500. The van der Waals surface area contributed by atoms with Crippen LogP contribution in [0.5, 0.6) is 11.6 Å². The van der Waals surface area contributed by atoms with E-state index in [1.165, 1.54) is 38.2 Å². The fourth-order valence-corrected chi connectivity index (χ4v) is 3.79. The van der Waals surface area contributed by atoms with Gasteiger partial charge in [-0.2, -0.15) is 18.3 Å². The maximum Gasteiger partial charge on any atom is 0.414 e. The molecule has 3 rings (SSSR count). The first-order valence-electron chi connectivity index (χ1n) is 11.3. The molecule has 3 aromatic heterocycles. The lowest BCUT2D eigenvalue weighted by Crippen LogP contribution is -2.51. The fourth-order valence-electron chi connectivity index (χ4n) is 3.79. The summed E-state index contributed by atoms with van der Waals surface area (Å²) in [6.45, 7) is -0.165. The van der Waals surface area contributed by atoms with Crippen molar-refractivity contribution in [2.24, 2.45) is 0 Å². The molecular formula is C22H25F6N7O3. The highest BCUT2D eigenvalue weighted by Gasteiger charge is 2.48. The third-order valence-electron chi connectivity index (χ3n) is 5.57. The van der Waals surface area contributed by atoms with Crippen LogP contribution in [-0.2, 0) is 0 Å². The van der Waals surface area contributed by atoms with E-state index in [4.69, 9.17) is 9.47 Å². The summed E-state index contributed by atoms with van der Waals surface area (Å²) in [7, 11) is 2.61. The first-order chi connectivity index (χ1) is 18.0. The molecule has 2 amide bonds. The summed E-state index contributed by atoms with van der Waals surface area (Å²) < 4.78 is 94.0. The Morgan fingerprint density at radius 2 is 1.95 bits per heavy atom. The molecule has 0 aliphatic rings. The molecule has 1 unspecified atom stereocenters. The van der Waals surface area contributed by atoms with Crippen LogP contribution >= 0.6 is 0 Å². The van der Waals surface area contributed by atoms with Crippen molar-refractivity contribution in [3.8, 4) is 22.9 Å². The SMILES string of the molecule is CCN(C(=O)NC(CCCF)C(F)F)[C@@H](c1cc(-c2cn3ncnc3c(OC)n2)c(OC)cn1)C(F)(F)F. The Bertz CT molecular complexity index is 1240. The lowest BCUT2D eigenvalue weighted by atomic mass is 10.1. The number of carbonyl (C=O) groups excluding carboxylic acids is 1. The number of pyridine rings is 1. The summed E-state index contributed by atoms with van der Waals surface area (Å²) in [5.41, 5.74) is -0.208. The number of carbonyl (C=O) groups is 1. The second kappa shape index (κ2) is 12.1. The first kappa shape index (κ1) is 28.7. The van der Waals surface area contributed by atoms with Gasteiger partial charge in [0.2, 0.25) is 5.65 Å². The van der Waals surface area contributed by atoms with Crippen molar-refractivity contribution < 1.29 is 40.6 Å². The van der Waals surface area contributed by atoms with E-state index >= 15 is 0 Å². The average Bonchev–Trinajstić information content (AvgIpc) is 3.36. The third-order valence-corrected chi connectivity index (χ3v) is 5.57. The van der Waals surface area contributed by atoms with Gasteiger partial charge in [-0.15, -0.1) is 0 Å². The van der Waals surface area contributed by atoms with Crippen molar-refractivity contribution in [1.29, 1.82) is 0 Å². The molecule has 0 spiro atoms. The molecule has 3 aromatic rings. The van der Waals surface area contributed by atoms with Gasteiger partial charge < -0.3 is 19.7 Å². The largest absolute Gasteiger partial charge is 0.494 e. The van der Waals surface area contributed by atoms with Gasteiger partial charge in [0.25, 0.3) is 12.3 Å². The number of ether oxygens (including phenoxy) is 2. The van der Waals surface area contributed by atoms with Crippen molar-refractivity contribution in [2.45, 2.75) is 44.5 Å². The van der Waals surface area contributed by atoms with Gasteiger partial charge in [0.15, 0.2) is 6.04 Å². The lowest BCUT2D eigenvalue weighted by molar-refractivity contribution is -0.179. The minimum absolute atomic E-state index is 0.0358. The van der Waals surface area contributed by atoms with Gasteiger partial charge in [0, 0.05) is 12.1 Å². The normalized spacial score (nSPS) is 13.4. The Hall–Kier alpha value is -3.85. The minimum Gasteiger partial charge on any atom is -0.494 e. The van der Waals surface area contributed by atoms with Crippen molar-refractivity contribution in [2.75, 3.05) is 27.4 Å². The molecule has 0 bridgehead atoms. The van der Waals surface area contributed by atoms with Crippen LogP contribution in [0, 0.1) is 0 Å². The monoisotopic (exact) mass is 549 g/mol. The molecule has 38 heavy (non-hydrogen) atoms. The molecule has 0 saturated carbocycles. The first-order valence-corrected chi connectivity index (χ1v) is 11.3. The summed E-state index contributed by atoms with van der Waals surface area (Å²) in [6.07, 6.45) is -5.25. The topological polar surface area (TPSA) is 107 Å². The summed E-state index contributed by atoms with van der Waals surface area (Å²) in [6, 6.07) is -4.81. The summed E-state index contributed by atoms with van der Waals surface area (Å²) in [4.78, 5) is 25.2. The Labute approximate surface area is 213 Å². The number of hydrogen-bond donors (Lipinski definition) is 1. The molecule has 0 aromatic carbocycles. The highest BCUT2D eigenvalue weighted by Crippen LogP contribution is 2.40. The van der Waals surface area contributed by atoms with E-state index in [2.05, 4.69) is 20.1 Å². The number of fused-ring (bicyclic) bond motifs is 1. The maximum absolute atomic E-state index is 14.4. The van der Waals surface area contributed by atoms with Crippen LogP contribution in [0.4, 0.5) is 31.1 Å². The van der Waals surface area contributed by atoms with Crippen LogP contribution in [0.3, 0.4) is 0 Å². The highest BCUT2D eigenvalue weighted by molar-refractivity contribution is 5.75. The molecule has 0 aliphatic heterocycles. The number of rotatable bonds is 11. The van der Waals surface area contributed by atoms with Crippen LogP contribution in [0.15, 0.2) is 24.8 Å². The van der Waals surface area contributed by atoms with Gasteiger partial charge in [-0.05, 0) is 25.8 Å². The van der Waals surface area contributed by atoms with Gasteiger partial charge in [0.05, 0.1) is 50.7 Å². The number of nitrogens with one attached hydrogen (secondary N) is 1. The Kier molecular flexibility index (Phi) is 9.17. The molecule has 208 valence electrons. The molecule has 0 radical (unpaired) electrons. The predicted octanol–water partition coefficient (Wildman–Crippen LogP) is 4.22. The van der Waals surface area contributed by atoms with Crippen molar-refractivity contribution in [3.05, 3.63) is 30.5 Å². The second-order valence-corrected chi connectivity index (χ2v) is 7.92. The number of aromatic nitrogens is 5. The van der Waals surface area contributed by atoms with Crippen molar-refractivity contribution >= 4 is 11.7 Å². The van der Waals surface area contributed by atoms with Gasteiger partial charge in [-0.3, -0.25) is 9.37 Å². The minimum atomic E-state index is -5.05. The van der Waals surface area contributed by atoms with Crippen LogP contribution in [0.1, 0.15) is 31.5 Å². The third kappa shape index (κ3) is 6.16. The molecule has 3 heterocycles. The zero-order valence-electron chi connectivity index (χ0n) is 20.5. The summed E-state index contributed by atoms with van der Waals surface area (Å²) in [5.74, 6) is 0.0915. The second-order valence-electron chi connectivity index (χ2n) is 7.92. The van der Waals surface area contributed by atoms with E-state index in [0.29, 0.717) is 4.90 Å². The van der Waals surface area contributed by atoms with E-state index in [-0.39, 0.29) is 35.0 Å². The van der Waals surface area contributed by atoms with E-state index in [1.54, 1.807) is 0 Å². The number of methoxy groups -OCH3 is 2. The Morgan fingerprint density at radius 1 is 1.21 bits per heavy atom. The van der Waals surface area contributed by atoms with Crippen LogP contribution in [0.25, 0.3) is 16.9 Å². The molecule has 1 N–H and O–H groups in total. The van der Waals surface area contributed by atoms with Crippen molar-refractivity contribution in [1.82, 2.24) is 34.8 Å². The summed E-state index contributed by atoms with van der Waals surface area (Å²) >= 11 is 0. The molecule has 2 atom stereocenters. The molecular weight excluding hydrogens is 524 g/mol. The van der Waals surface area contributed by atoms with Gasteiger partial charge in [0.1, 0.15) is 12.1 Å². The standard InChI is InChI=1S/C22H25F6N7O3/c1-4-34(21(36)33-13(18(24)25)6-5-7-23)17(22(26,27)28)14-8-12(16(37-2)9-29-14)15-10-35-19(30-11-31-35)20(32-15)38-3/h8-11,13,17-18H,4-7H2,1-3H3,(H,33,36)/t13?,17-/m0/s1. The molecule has 0 fully saturated rings. The maximum atomic E-state index is 14.4. The quantitative estimate of drug-likeness (QED) is 0.357. The van der Waals surface area contributed by atoms with Gasteiger partial charge in [-0.1, -0.05) is 0 Å². The zero-order valence-corrected chi connectivity index (χ0v) is 20.5. The van der Waals surface area contributed by atoms with Crippen LogP contribution in [-0.4, -0.2) is 81.6 Å². The van der Waals surface area contributed by atoms with Crippen LogP contribution < -0.4 is 14.8 Å². The van der Waals surface area contributed by atoms with Gasteiger partial charge >= 0.3 is 12.2 Å². The predicted molar refractivity (Wildman–Crippen MR) is 122 cm³/mol. The van der Waals surface area contributed by atoms with E-state index in [9.17, 15) is 31.1 Å². The number of hydrogen-bond acceptors (Lipinski definition) is 7. The average molecular weight is 549 g/mol. The molecule has 0 saturated heterocycles. The Morgan fingerprint density at radius 3 is 2.53 bits per heavy atom. The van der Waals surface area contributed by atoms with E-state index < -0.39 is 56.1 Å².